The molecule has 0 atom stereocenters. The van der Waals surface area contributed by atoms with Crippen molar-refractivity contribution in [3.05, 3.63) is 35.4 Å². The molecule has 0 aliphatic carbocycles. The summed E-state index contributed by atoms with van der Waals surface area (Å²) in [6.07, 6.45) is 3.53. The zero-order valence-corrected chi connectivity index (χ0v) is 6.36. The summed E-state index contributed by atoms with van der Waals surface area (Å²) < 4.78 is 0. The molecule has 0 aliphatic rings. The van der Waals surface area contributed by atoms with Crippen LogP contribution in [0.1, 0.15) is 6.92 Å². The van der Waals surface area contributed by atoms with Gasteiger partial charge in [0.25, 0.3) is 0 Å². The average Bonchev–Trinajstić information content (AvgIpc) is 1.87. The van der Waals surface area contributed by atoms with Crippen LogP contribution in [0.5, 0.6) is 0 Å². The molecule has 0 radical (unpaired) electrons. The smallest absolute Gasteiger partial charge is 0.0405 e. The lowest BCUT2D eigenvalue weighted by molar-refractivity contribution is 1.30. The van der Waals surface area contributed by atoms with Crippen LogP contribution in [0, 0.1) is 0 Å². The van der Waals surface area contributed by atoms with Crippen molar-refractivity contribution in [2.75, 3.05) is 0 Å². The quantitative estimate of drug-likeness (QED) is 0.445. The third-order valence-corrected chi connectivity index (χ3v) is 1.24. The molecule has 1 nitrogen and oxygen atoms in total. The minimum Gasteiger partial charge on any atom is -0.398 e. The van der Waals surface area contributed by atoms with Gasteiger partial charge in [0.05, 0.1) is 0 Å². The van der Waals surface area contributed by atoms with Gasteiger partial charge in [-0.2, -0.15) is 0 Å². The van der Waals surface area contributed by atoms with Crippen molar-refractivity contribution < 1.29 is 0 Å². The maximum absolute atomic E-state index is 5.47. The fourth-order valence-corrected chi connectivity index (χ4v) is 0.578. The maximum Gasteiger partial charge on any atom is 0.0405 e. The van der Waals surface area contributed by atoms with Gasteiger partial charge >= 0.3 is 0 Å². The molecule has 0 aromatic rings. The van der Waals surface area contributed by atoms with Crippen LogP contribution in [-0.2, 0) is 0 Å². The Morgan fingerprint density at radius 1 is 1.67 bits per heavy atom. The van der Waals surface area contributed by atoms with E-state index in [0.717, 1.165) is 5.57 Å². The van der Waals surface area contributed by atoms with Crippen LogP contribution in [0.2, 0.25) is 0 Å². The van der Waals surface area contributed by atoms with Crippen LogP contribution in [0.15, 0.2) is 35.4 Å². The molecule has 0 aliphatic heterocycles. The van der Waals surface area contributed by atoms with Gasteiger partial charge in [-0.25, -0.2) is 0 Å². The van der Waals surface area contributed by atoms with Crippen molar-refractivity contribution >= 4 is 12.6 Å². The minimum absolute atomic E-state index is 0.679. The van der Waals surface area contributed by atoms with Gasteiger partial charge in [-0.05, 0) is 17.9 Å². The second-order valence-electron chi connectivity index (χ2n) is 1.67. The van der Waals surface area contributed by atoms with E-state index in [1.807, 2.05) is 13.0 Å². The summed E-state index contributed by atoms with van der Waals surface area (Å²) in [5.41, 5.74) is 7.14. The van der Waals surface area contributed by atoms with Crippen molar-refractivity contribution in [1.29, 1.82) is 0 Å². The van der Waals surface area contributed by atoms with E-state index in [0.29, 0.717) is 5.70 Å². The second kappa shape index (κ2) is 4.27. The third-order valence-electron chi connectivity index (χ3n) is 0.962. The molecule has 50 valence electrons. The summed E-state index contributed by atoms with van der Waals surface area (Å²) in [4.78, 5) is 0. The van der Waals surface area contributed by atoms with Crippen molar-refractivity contribution in [2.24, 2.45) is 5.73 Å². The first-order valence-electron chi connectivity index (χ1n) is 2.62. The predicted molar refractivity (Wildman–Crippen MR) is 45.2 cm³/mol. The number of allylic oxidation sites excluding steroid dienone is 3. The van der Waals surface area contributed by atoms with E-state index in [4.69, 9.17) is 5.73 Å². The lowest BCUT2D eigenvalue weighted by Crippen LogP contribution is -1.96. The molecule has 2 heteroatoms. The fourth-order valence-electron chi connectivity index (χ4n) is 0.375. The molecule has 0 amide bonds. The number of hydrogen-bond donors (Lipinski definition) is 2. The van der Waals surface area contributed by atoms with Crippen LogP contribution in [0.4, 0.5) is 0 Å². The van der Waals surface area contributed by atoms with Crippen molar-refractivity contribution in [3.63, 3.8) is 0 Å². The van der Waals surface area contributed by atoms with Gasteiger partial charge in [0.15, 0.2) is 0 Å². The molecule has 0 unspecified atom stereocenters. The molecule has 2 N–H and O–H groups in total. The van der Waals surface area contributed by atoms with Crippen LogP contribution in [0.3, 0.4) is 0 Å². The Kier molecular flexibility index (Phi) is 3.97. The standard InChI is InChI=1S/C7H11NS/c1-3-4-6(2)7(8)5-9/h3-5,9H,1,8H2,2H3/b6-4+,7-5-. The Hall–Kier alpha value is -0.630. The first-order valence-corrected chi connectivity index (χ1v) is 3.13. The predicted octanol–water partition coefficient (Wildman–Crippen LogP) is 1.85. The number of rotatable bonds is 2. The first kappa shape index (κ1) is 8.37. The van der Waals surface area contributed by atoms with Crippen molar-refractivity contribution in [2.45, 2.75) is 6.92 Å². The largest absolute Gasteiger partial charge is 0.398 e. The number of thiol groups is 1. The Bertz CT molecular complexity index is 156. The third kappa shape index (κ3) is 3.03. The summed E-state index contributed by atoms with van der Waals surface area (Å²) in [6.45, 7) is 5.44. The summed E-state index contributed by atoms with van der Waals surface area (Å²) in [5.74, 6) is 0. The SMILES string of the molecule is C=C/C=C(C)/C(N)=C/S. The Balaban J connectivity index is 4.19. The monoisotopic (exact) mass is 141 g/mol. The summed E-state index contributed by atoms with van der Waals surface area (Å²) >= 11 is 3.89. The van der Waals surface area contributed by atoms with E-state index in [2.05, 4.69) is 19.2 Å². The highest BCUT2D eigenvalue weighted by Gasteiger charge is 1.87. The second-order valence-corrected chi connectivity index (χ2v) is 1.93. The topological polar surface area (TPSA) is 26.0 Å². The van der Waals surface area contributed by atoms with E-state index < -0.39 is 0 Å². The molecule has 0 bridgehead atoms. The highest BCUT2D eigenvalue weighted by atomic mass is 32.1. The van der Waals surface area contributed by atoms with Gasteiger partial charge in [-0.3, -0.25) is 0 Å². The summed E-state index contributed by atoms with van der Waals surface area (Å²) in [6, 6.07) is 0. The van der Waals surface area contributed by atoms with Crippen LogP contribution < -0.4 is 5.73 Å². The summed E-state index contributed by atoms with van der Waals surface area (Å²) in [5, 5.41) is 1.56. The molecule has 0 fully saturated rings. The van der Waals surface area contributed by atoms with Gasteiger partial charge < -0.3 is 5.73 Å². The van der Waals surface area contributed by atoms with Crippen LogP contribution in [-0.4, -0.2) is 0 Å². The molecular formula is C7H11NS. The number of hydrogen-bond acceptors (Lipinski definition) is 2. The van der Waals surface area contributed by atoms with E-state index in [-0.39, 0.29) is 0 Å². The van der Waals surface area contributed by atoms with Gasteiger partial charge in [0.2, 0.25) is 0 Å². The zero-order valence-electron chi connectivity index (χ0n) is 5.46. The van der Waals surface area contributed by atoms with Crippen molar-refractivity contribution in [1.82, 2.24) is 0 Å². The fraction of sp³-hybridized carbons (Fsp3) is 0.143. The highest BCUT2D eigenvalue weighted by Crippen LogP contribution is 2.02. The Morgan fingerprint density at radius 2 is 2.22 bits per heavy atom. The van der Waals surface area contributed by atoms with E-state index in [1.165, 1.54) is 0 Å². The molecule has 0 spiro atoms. The molecule has 0 saturated heterocycles. The average molecular weight is 141 g/mol. The minimum atomic E-state index is 0.679. The molecular weight excluding hydrogens is 130 g/mol. The molecule has 9 heavy (non-hydrogen) atoms. The van der Waals surface area contributed by atoms with E-state index >= 15 is 0 Å². The Morgan fingerprint density at radius 3 is 2.56 bits per heavy atom. The highest BCUT2D eigenvalue weighted by molar-refractivity contribution is 7.83. The van der Waals surface area contributed by atoms with Gasteiger partial charge in [-0.1, -0.05) is 18.7 Å². The van der Waals surface area contributed by atoms with Gasteiger partial charge in [0, 0.05) is 5.70 Å². The molecule has 0 rings (SSSR count). The molecule has 0 heterocycles. The number of nitrogens with two attached hydrogens (primary N) is 1. The van der Waals surface area contributed by atoms with Crippen LogP contribution >= 0.6 is 12.6 Å². The molecule has 0 aromatic carbocycles. The molecule has 0 aromatic heterocycles. The summed E-state index contributed by atoms with van der Waals surface area (Å²) in [7, 11) is 0. The normalized spacial score (nSPS) is 13.6. The maximum atomic E-state index is 5.47. The zero-order chi connectivity index (χ0) is 7.28. The van der Waals surface area contributed by atoms with Crippen LogP contribution in [0.25, 0.3) is 0 Å². The lowest BCUT2D eigenvalue weighted by Gasteiger charge is -1.95. The van der Waals surface area contributed by atoms with Crippen molar-refractivity contribution in [3.8, 4) is 0 Å². The Labute approximate surface area is 61.4 Å². The van der Waals surface area contributed by atoms with Gasteiger partial charge in [0.1, 0.15) is 0 Å². The molecule has 0 saturated carbocycles. The van der Waals surface area contributed by atoms with E-state index in [1.54, 1.807) is 11.5 Å². The first-order chi connectivity index (χ1) is 4.22. The lowest BCUT2D eigenvalue weighted by atomic mass is 10.2. The van der Waals surface area contributed by atoms with E-state index in [9.17, 15) is 0 Å². The van der Waals surface area contributed by atoms with Gasteiger partial charge in [-0.15, -0.1) is 12.6 Å².